The van der Waals surface area contributed by atoms with Crippen LogP contribution in [0.3, 0.4) is 0 Å². The Morgan fingerprint density at radius 2 is 1.77 bits per heavy atom. The van der Waals surface area contributed by atoms with E-state index in [-0.39, 0.29) is 25.8 Å². The molecular weight excluding hydrogens is 278 g/mol. The van der Waals surface area contributed by atoms with E-state index in [0.29, 0.717) is 17.8 Å². The molecule has 0 aliphatic carbocycles. The van der Waals surface area contributed by atoms with Crippen molar-refractivity contribution in [1.82, 2.24) is 0 Å². The van der Waals surface area contributed by atoms with Crippen LogP contribution >= 0.6 is 0 Å². The topological polar surface area (TPSA) is 26.3 Å². The van der Waals surface area contributed by atoms with Crippen LogP contribution in [-0.2, 0) is 11.3 Å². The minimum atomic E-state index is -0.368. The SMILES string of the molecule is C.CB(C)c1ccc(C(=O)OCc2ccc(F)c(C)c2)cc1. The first-order valence-electron chi connectivity index (χ1n) is 6.99. The summed E-state index contributed by atoms with van der Waals surface area (Å²) in [5, 5.41) is 0. The van der Waals surface area contributed by atoms with Gasteiger partial charge in [0.25, 0.3) is 0 Å². The van der Waals surface area contributed by atoms with Crippen LogP contribution in [0, 0.1) is 12.7 Å². The van der Waals surface area contributed by atoms with Crippen molar-refractivity contribution in [3.05, 3.63) is 65.0 Å². The van der Waals surface area contributed by atoms with Crippen molar-refractivity contribution in [1.29, 1.82) is 0 Å². The number of rotatable bonds is 4. The van der Waals surface area contributed by atoms with Gasteiger partial charge >= 0.3 is 5.97 Å². The maximum absolute atomic E-state index is 13.2. The molecule has 0 amide bonds. The molecule has 0 bridgehead atoms. The van der Waals surface area contributed by atoms with Gasteiger partial charge in [-0.2, -0.15) is 0 Å². The molecular formula is C18H22BFO2. The fourth-order valence-corrected chi connectivity index (χ4v) is 2.03. The third-order valence-corrected chi connectivity index (χ3v) is 3.41. The maximum Gasteiger partial charge on any atom is 0.338 e. The molecule has 2 aromatic carbocycles. The molecule has 0 atom stereocenters. The predicted molar refractivity (Wildman–Crippen MR) is 90.5 cm³/mol. The number of benzene rings is 2. The first kappa shape index (κ1) is 18.0. The molecule has 0 heterocycles. The van der Waals surface area contributed by atoms with Crippen LogP contribution in [0.25, 0.3) is 0 Å². The molecule has 0 radical (unpaired) electrons. The molecule has 0 fully saturated rings. The van der Waals surface area contributed by atoms with Gasteiger partial charge in [-0.3, -0.25) is 0 Å². The van der Waals surface area contributed by atoms with Gasteiger partial charge in [-0.25, -0.2) is 9.18 Å². The van der Waals surface area contributed by atoms with E-state index >= 15 is 0 Å². The molecule has 4 heteroatoms. The number of esters is 1. The second-order valence-corrected chi connectivity index (χ2v) is 5.44. The fourth-order valence-electron chi connectivity index (χ4n) is 2.03. The summed E-state index contributed by atoms with van der Waals surface area (Å²) >= 11 is 0. The lowest BCUT2D eigenvalue weighted by Gasteiger charge is -2.07. The van der Waals surface area contributed by atoms with Crippen LogP contribution in [0.4, 0.5) is 4.39 Å². The zero-order chi connectivity index (χ0) is 15.4. The van der Waals surface area contributed by atoms with E-state index < -0.39 is 0 Å². The minimum absolute atomic E-state index is 0. The highest BCUT2D eigenvalue weighted by molar-refractivity contribution is 6.70. The molecule has 0 unspecified atom stereocenters. The van der Waals surface area contributed by atoms with Crippen molar-refractivity contribution < 1.29 is 13.9 Å². The predicted octanol–water partition coefficient (Wildman–Crippen LogP) is 4.09. The molecule has 0 saturated carbocycles. The Labute approximate surface area is 132 Å². The molecule has 0 aliphatic heterocycles. The average Bonchev–Trinajstić information content (AvgIpc) is 2.48. The number of carbonyl (C=O) groups excluding carboxylic acids is 1. The lowest BCUT2D eigenvalue weighted by molar-refractivity contribution is 0.0472. The first-order valence-corrected chi connectivity index (χ1v) is 6.99. The van der Waals surface area contributed by atoms with E-state index in [0.717, 1.165) is 5.56 Å². The molecule has 0 N–H and O–H groups in total. The molecule has 0 aromatic heterocycles. The van der Waals surface area contributed by atoms with Crippen LogP contribution in [0.15, 0.2) is 42.5 Å². The highest BCUT2D eigenvalue weighted by Crippen LogP contribution is 2.11. The normalized spacial score (nSPS) is 9.82. The van der Waals surface area contributed by atoms with Crippen LogP contribution in [0.5, 0.6) is 0 Å². The summed E-state index contributed by atoms with van der Waals surface area (Å²) in [4.78, 5) is 12.0. The van der Waals surface area contributed by atoms with Crippen molar-refractivity contribution in [3.8, 4) is 0 Å². The number of aryl methyl sites for hydroxylation is 1. The van der Waals surface area contributed by atoms with Gasteiger partial charge in [-0.1, -0.05) is 44.7 Å². The van der Waals surface area contributed by atoms with Crippen LogP contribution in [-0.4, -0.2) is 12.7 Å². The van der Waals surface area contributed by atoms with E-state index in [1.54, 1.807) is 31.2 Å². The lowest BCUT2D eigenvalue weighted by Crippen LogP contribution is -2.22. The average molecular weight is 300 g/mol. The number of carbonyl (C=O) groups is 1. The van der Waals surface area contributed by atoms with Gasteiger partial charge in [-0.15, -0.1) is 0 Å². The van der Waals surface area contributed by atoms with Gasteiger partial charge < -0.3 is 4.74 Å². The monoisotopic (exact) mass is 300 g/mol. The van der Waals surface area contributed by atoms with Crippen LogP contribution < -0.4 is 5.46 Å². The Balaban J connectivity index is 0.00000242. The summed E-state index contributed by atoms with van der Waals surface area (Å²) in [5.41, 5.74) is 3.03. The highest BCUT2D eigenvalue weighted by atomic mass is 19.1. The third kappa shape index (κ3) is 4.45. The summed E-state index contributed by atoms with van der Waals surface area (Å²) in [6.45, 7) is 6.46. The van der Waals surface area contributed by atoms with Gasteiger partial charge in [0.2, 0.25) is 0 Å². The minimum Gasteiger partial charge on any atom is -0.457 e. The quantitative estimate of drug-likeness (QED) is 0.628. The number of hydrogen-bond acceptors (Lipinski definition) is 2. The summed E-state index contributed by atoms with van der Waals surface area (Å²) in [5.74, 6) is -0.623. The van der Waals surface area contributed by atoms with Crippen molar-refractivity contribution in [3.63, 3.8) is 0 Å². The number of hydrogen-bond donors (Lipinski definition) is 0. The fraction of sp³-hybridized carbons (Fsp3) is 0.278. The third-order valence-electron chi connectivity index (χ3n) is 3.41. The van der Waals surface area contributed by atoms with Gasteiger partial charge in [0, 0.05) is 0 Å². The van der Waals surface area contributed by atoms with E-state index in [1.165, 1.54) is 11.5 Å². The second kappa shape index (κ2) is 7.78. The Morgan fingerprint density at radius 1 is 1.14 bits per heavy atom. The highest BCUT2D eigenvalue weighted by Gasteiger charge is 2.09. The molecule has 116 valence electrons. The van der Waals surface area contributed by atoms with Crippen molar-refractivity contribution in [2.24, 2.45) is 0 Å². The van der Waals surface area contributed by atoms with Gasteiger partial charge in [-0.05, 0) is 42.3 Å². The summed E-state index contributed by atoms with van der Waals surface area (Å²) < 4.78 is 18.4. The first-order chi connectivity index (χ1) is 9.97. The maximum atomic E-state index is 13.2. The zero-order valence-corrected chi connectivity index (χ0v) is 12.5. The molecule has 2 nitrogen and oxygen atoms in total. The Morgan fingerprint density at radius 3 is 2.32 bits per heavy atom. The van der Waals surface area contributed by atoms with Gasteiger partial charge in [0.15, 0.2) is 6.71 Å². The Hall–Kier alpha value is -2.10. The summed E-state index contributed by atoms with van der Waals surface area (Å²) in [6, 6.07) is 12.1. The standard InChI is InChI=1S/C17H18BFO2.CH4/c1-12-10-13(4-9-16(12)19)11-21-17(20)14-5-7-15(8-6-14)18(2)3;/h4-10H,11H2,1-3H3;1H4. The Kier molecular flexibility index (Phi) is 6.35. The second-order valence-electron chi connectivity index (χ2n) is 5.44. The van der Waals surface area contributed by atoms with Crippen molar-refractivity contribution in [2.45, 2.75) is 34.6 Å². The molecule has 2 rings (SSSR count). The number of ether oxygens (including phenoxy) is 1. The van der Waals surface area contributed by atoms with E-state index in [2.05, 4.69) is 13.6 Å². The van der Waals surface area contributed by atoms with E-state index in [4.69, 9.17) is 4.74 Å². The van der Waals surface area contributed by atoms with Crippen LogP contribution in [0.2, 0.25) is 13.6 Å². The smallest absolute Gasteiger partial charge is 0.338 e. The number of halogens is 1. The Bertz CT molecular complexity index is 636. The molecule has 22 heavy (non-hydrogen) atoms. The van der Waals surface area contributed by atoms with E-state index in [9.17, 15) is 9.18 Å². The molecule has 0 aliphatic rings. The summed E-state index contributed by atoms with van der Waals surface area (Å²) in [7, 11) is 0. The van der Waals surface area contributed by atoms with Crippen LogP contribution in [0.1, 0.15) is 28.9 Å². The zero-order valence-electron chi connectivity index (χ0n) is 12.5. The lowest BCUT2D eigenvalue weighted by atomic mass is 9.49. The largest absolute Gasteiger partial charge is 0.457 e. The molecule has 0 saturated heterocycles. The molecule has 0 spiro atoms. The van der Waals surface area contributed by atoms with Crippen molar-refractivity contribution >= 4 is 18.1 Å². The summed E-state index contributed by atoms with van der Waals surface area (Å²) in [6.07, 6.45) is 0. The van der Waals surface area contributed by atoms with Crippen molar-refractivity contribution in [2.75, 3.05) is 0 Å². The molecule has 2 aromatic rings. The van der Waals surface area contributed by atoms with E-state index in [1.807, 2.05) is 12.1 Å². The van der Waals surface area contributed by atoms with Gasteiger partial charge in [0.05, 0.1) is 5.56 Å². The van der Waals surface area contributed by atoms with Gasteiger partial charge in [0.1, 0.15) is 12.4 Å².